The number of benzene rings is 3. The van der Waals surface area contributed by atoms with Crippen molar-refractivity contribution in [1.82, 2.24) is 5.43 Å². The molecule has 0 unspecified atom stereocenters. The number of fused-ring (bicyclic) bond motifs is 1. The summed E-state index contributed by atoms with van der Waals surface area (Å²) in [5.41, 5.74) is 2.86. The van der Waals surface area contributed by atoms with E-state index in [1.165, 1.54) is 18.3 Å². The van der Waals surface area contributed by atoms with E-state index in [0.717, 1.165) is 16.3 Å². The maximum atomic E-state index is 12.1. The summed E-state index contributed by atoms with van der Waals surface area (Å²) >= 11 is 3.17. The van der Waals surface area contributed by atoms with Gasteiger partial charge in [0.25, 0.3) is 5.91 Å². The molecule has 1 amide bonds. The highest BCUT2D eigenvalue weighted by molar-refractivity contribution is 9.10. The monoisotopic (exact) mass is 471 g/mol. The van der Waals surface area contributed by atoms with E-state index < -0.39 is 17.4 Å². The van der Waals surface area contributed by atoms with Gasteiger partial charge in [-0.25, -0.2) is 5.43 Å². The third-order valence-corrected chi connectivity index (χ3v) is 4.58. The van der Waals surface area contributed by atoms with Crippen LogP contribution in [0, 0.1) is 10.1 Å². The van der Waals surface area contributed by atoms with Crippen LogP contribution >= 0.6 is 15.9 Å². The van der Waals surface area contributed by atoms with Crippen LogP contribution in [0.1, 0.15) is 12.5 Å². The molecule has 0 aromatic heterocycles. The minimum Gasteiger partial charge on any atom is -0.493 e. The normalized spacial score (nSPS) is 10.9. The number of hydrogen-bond acceptors (Lipinski definition) is 6. The van der Waals surface area contributed by atoms with Crippen LogP contribution in [0.2, 0.25) is 0 Å². The van der Waals surface area contributed by atoms with Gasteiger partial charge in [-0.3, -0.25) is 14.9 Å². The molecule has 0 saturated heterocycles. The first-order chi connectivity index (χ1) is 14.5. The first kappa shape index (κ1) is 21.3. The van der Waals surface area contributed by atoms with Gasteiger partial charge >= 0.3 is 5.69 Å². The lowest BCUT2D eigenvalue weighted by Crippen LogP contribution is -2.24. The number of ether oxygens (including phenoxy) is 2. The van der Waals surface area contributed by atoms with Crippen LogP contribution in [0.5, 0.6) is 11.5 Å². The molecule has 8 nitrogen and oxygen atoms in total. The second kappa shape index (κ2) is 9.84. The summed E-state index contributed by atoms with van der Waals surface area (Å²) in [6, 6.07) is 15.9. The summed E-state index contributed by atoms with van der Waals surface area (Å²) in [7, 11) is 0. The second-order valence-corrected chi connectivity index (χ2v) is 7.00. The average Bonchev–Trinajstić information content (AvgIpc) is 2.74. The molecule has 0 saturated carbocycles. The largest absolute Gasteiger partial charge is 0.493 e. The molecule has 0 aliphatic heterocycles. The van der Waals surface area contributed by atoms with Crippen molar-refractivity contribution in [1.29, 1.82) is 0 Å². The van der Waals surface area contributed by atoms with Gasteiger partial charge in [-0.05, 0) is 35.9 Å². The summed E-state index contributed by atoms with van der Waals surface area (Å²) in [5, 5.41) is 17.0. The quantitative estimate of drug-likeness (QED) is 0.297. The molecule has 0 aliphatic carbocycles. The first-order valence-electron chi connectivity index (χ1n) is 9.02. The number of nitrogens with one attached hydrogen (secondary N) is 1. The van der Waals surface area contributed by atoms with Crippen LogP contribution in [0.3, 0.4) is 0 Å². The Hall–Kier alpha value is -3.46. The fourth-order valence-electron chi connectivity index (χ4n) is 2.79. The zero-order valence-electron chi connectivity index (χ0n) is 16.0. The van der Waals surface area contributed by atoms with Crippen molar-refractivity contribution in [2.45, 2.75) is 6.92 Å². The number of halogens is 1. The molecule has 30 heavy (non-hydrogen) atoms. The predicted molar refractivity (Wildman–Crippen MR) is 117 cm³/mol. The van der Waals surface area contributed by atoms with Crippen molar-refractivity contribution in [3.05, 3.63) is 74.7 Å². The van der Waals surface area contributed by atoms with Gasteiger partial charge in [0.2, 0.25) is 0 Å². The molecule has 154 valence electrons. The van der Waals surface area contributed by atoms with Gasteiger partial charge in [0.15, 0.2) is 12.4 Å². The van der Waals surface area contributed by atoms with Crippen LogP contribution in [-0.4, -0.2) is 30.3 Å². The number of hydrazone groups is 1. The van der Waals surface area contributed by atoms with Crippen molar-refractivity contribution in [2.24, 2.45) is 5.10 Å². The predicted octanol–water partition coefficient (Wildman–Crippen LogP) is 4.44. The highest BCUT2D eigenvalue weighted by Gasteiger charge is 2.16. The molecule has 0 aliphatic rings. The summed E-state index contributed by atoms with van der Waals surface area (Å²) in [4.78, 5) is 22.6. The lowest BCUT2D eigenvalue weighted by atomic mass is 10.0. The van der Waals surface area contributed by atoms with Crippen LogP contribution in [0.15, 0.2) is 64.2 Å². The highest BCUT2D eigenvalue weighted by atomic mass is 79.9. The summed E-state index contributed by atoms with van der Waals surface area (Å²) in [5.74, 6) is 0.0904. The summed E-state index contributed by atoms with van der Waals surface area (Å²) in [6.07, 6.45) is 1.51. The maximum absolute atomic E-state index is 12.1. The minimum atomic E-state index is -0.577. The maximum Gasteiger partial charge on any atom is 0.312 e. The molecule has 0 atom stereocenters. The molecule has 0 spiro atoms. The van der Waals surface area contributed by atoms with E-state index >= 15 is 0 Å². The zero-order valence-corrected chi connectivity index (χ0v) is 17.6. The van der Waals surface area contributed by atoms with E-state index in [0.29, 0.717) is 16.8 Å². The number of carbonyl (C=O) groups is 1. The van der Waals surface area contributed by atoms with E-state index in [2.05, 4.69) is 26.5 Å². The molecule has 0 fully saturated rings. The van der Waals surface area contributed by atoms with E-state index in [-0.39, 0.29) is 11.4 Å². The van der Waals surface area contributed by atoms with Gasteiger partial charge in [-0.2, -0.15) is 5.10 Å². The fraction of sp³-hybridized carbons (Fsp3) is 0.143. The fourth-order valence-corrected chi connectivity index (χ4v) is 3.14. The SMILES string of the molecule is CCOc1ccc2ccccc2c1/C=N\NC(=O)COc1ccc(Br)cc1[N+](=O)[O-]. The van der Waals surface area contributed by atoms with E-state index in [9.17, 15) is 14.9 Å². The number of nitro benzene ring substituents is 1. The highest BCUT2D eigenvalue weighted by Crippen LogP contribution is 2.30. The number of nitrogens with zero attached hydrogens (tertiary/aromatic N) is 2. The molecule has 9 heteroatoms. The molecule has 1 N–H and O–H groups in total. The molecule has 0 heterocycles. The molecule has 3 aromatic carbocycles. The van der Waals surface area contributed by atoms with Crippen LogP contribution in [0.25, 0.3) is 10.8 Å². The smallest absolute Gasteiger partial charge is 0.312 e. The zero-order chi connectivity index (χ0) is 21.5. The van der Waals surface area contributed by atoms with Crippen molar-refractivity contribution in [2.75, 3.05) is 13.2 Å². The minimum absolute atomic E-state index is 0.00462. The molecule has 3 rings (SSSR count). The van der Waals surface area contributed by atoms with Crippen LogP contribution in [0.4, 0.5) is 5.69 Å². The summed E-state index contributed by atoms with van der Waals surface area (Å²) in [6.45, 7) is 1.95. The number of hydrogen-bond donors (Lipinski definition) is 1. The third-order valence-electron chi connectivity index (χ3n) is 4.09. The van der Waals surface area contributed by atoms with E-state index in [4.69, 9.17) is 9.47 Å². The average molecular weight is 472 g/mol. The van der Waals surface area contributed by atoms with Crippen LogP contribution < -0.4 is 14.9 Å². The Morgan fingerprint density at radius 2 is 1.93 bits per heavy atom. The molecular formula is C21H18BrN3O5. The third kappa shape index (κ3) is 5.12. The number of carbonyl (C=O) groups excluding carboxylic acids is 1. The van der Waals surface area contributed by atoms with Gasteiger partial charge in [0.1, 0.15) is 5.75 Å². The lowest BCUT2D eigenvalue weighted by Gasteiger charge is -2.10. The standard InChI is InChI=1S/C21H18BrN3O5/c1-2-29-19-9-7-14-5-3-4-6-16(14)17(19)12-23-24-21(26)13-30-20-10-8-15(22)11-18(20)25(27)28/h3-12H,2,13H2,1H3,(H,24,26)/b23-12-. The van der Waals surface area contributed by atoms with Gasteiger partial charge < -0.3 is 9.47 Å². The second-order valence-electron chi connectivity index (χ2n) is 6.08. The molecule has 3 aromatic rings. The van der Waals surface area contributed by atoms with Gasteiger partial charge in [-0.15, -0.1) is 0 Å². The van der Waals surface area contributed by atoms with Crippen molar-refractivity contribution in [3.8, 4) is 11.5 Å². The van der Waals surface area contributed by atoms with Gasteiger partial charge in [0, 0.05) is 16.1 Å². The Balaban J connectivity index is 1.70. The molecule has 0 radical (unpaired) electrons. The number of rotatable bonds is 8. The Kier molecular flexibility index (Phi) is 6.97. The Morgan fingerprint density at radius 1 is 1.17 bits per heavy atom. The Bertz CT molecular complexity index is 1120. The number of amides is 1. The molecule has 0 bridgehead atoms. The van der Waals surface area contributed by atoms with E-state index in [1.807, 2.05) is 43.3 Å². The Morgan fingerprint density at radius 3 is 2.70 bits per heavy atom. The van der Waals surface area contributed by atoms with Crippen molar-refractivity contribution < 1.29 is 19.2 Å². The van der Waals surface area contributed by atoms with Gasteiger partial charge in [0.05, 0.1) is 17.7 Å². The van der Waals surface area contributed by atoms with Crippen molar-refractivity contribution >= 4 is 44.5 Å². The Labute approximate surface area is 180 Å². The number of nitro groups is 1. The lowest BCUT2D eigenvalue weighted by molar-refractivity contribution is -0.385. The van der Waals surface area contributed by atoms with Crippen LogP contribution in [-0.2, 0) is 4.79 Å². The first-order valence-corrected chi connectivity index (χ1v) is 9.82. The summed E-state index contributed by atoms with van der Waals surface area (Å²) < 4.78 is 11.5. The van der Waals surface area contributed by atoms with E-state index in [1.54, 1.807) is 6.07 Å². The topological polar surface area (TPSA) is 103 Å². The van der Waals surface area contributed by atoms with Gasteiger partial charge in [-0.1, -0.05) is 46.3 Å². The van der Waals surface area contributed by atoms with Crippen molar-refractivity contribution in [3.63, 3.8) is 0 Å². The molecular weight excluding hydrogens is 454 g/mol.